The SMILES string of the molecule is CCCCCCCCC/C=C\CCCCCCCCCC(=O)OCCCCC/C=C\C/C=C\CCCCCCCCCC(=O)NC(CO)C(O)CCCCCCCCCCCCCCCCCCCCCCCCCC. The summed E-state index contributed by atoms with van der Waals surface area (Å²) in [5, 5.41) is 23.4. The number of amides is 1. The summed E-state index contributed by atoms with van der Waals surface area (Å²) in [6.07, 6.45) is 83.2. The second kappa shape index (κ2) is 65.6. The van der Waals surface area contributed by atoms with Gasteiger partial charge >= 0.3 is 5.97 Å². The van der Waals surface area contributed by atoms with E-state index in [0.29, 0.717) is 25.9 Å². The Hall–Kier alpha value is -1.92. The molecule has 0 bridgehead atoms. The van der Waals surface area contributed by atoms with Crippen molar-refractivity contribution in [2.24, 2.45) is 0 Å². The number of hydrogen-bond donors (Lipinski definition) is 3. The molecule has 0 aromatic carbocycles. The summed E-state index contributed by atoms with van der Waals surface area (Å²) >= 11 is 0. The van der Waals surface area contributed by atoms with E-state index in [2.05, 4.69) is 55.6 Å². The zero-order valence-electron chi connectivity index (χ0n) is 51.3. The van der Waals surface area contributed by atoms with E-state index in [-0.39, 0.29) is 18.5 Å². The minimum Gasteiger partial charge on any atom is -0.466 e. The average molecular weight is 1070 g/mol. The molecule has 0 heterocycles. The molecule has 0 radical (unpaired) electrons. The number of carbonyl (C=O) groups excluding carboxylic acids is 2. The fraction of sp³-hybridized carbons (Fsp3) is 0.886. The van der Waals surface area contributed by atoms with Gasteiger partial charge in [0.25, 0.3) is 0 Å². The number of aliphatic hydroxyl groups excluding tert-OH is 2. The standard InChI is InChI=1S/C70H133NO5/c1-3-5-7-9-11-13-15-17-19-21-23-24-25-26-27-28-30-34-38-42-46-50-54-58-62-68(73)67(66-72)71-69(74)63-59-55-51-47-43-39-35-31-29-33-37-41-45-49-53-57-61-65-76-70(75)64-60-56-52-48-44-40-36-32-22-20-18-16-14-12-10-8-6-4-2/h20,22,29,33,41,45,67-68,72-73H,3-19,21,23-28,30-32,34-40,42-44,46-66H2,1-2H3,(H,71,74)/b22-20-,33-29-,45-41-. The van der Waals surface area contributed by atoms with E-state index in [1.165, 1.54) is 257 Å². The third-order valence-corrected chi connectivity index (χ3v) is 15.9. The Morgan fingerprint density at radius 3 is 1.01 bits per heavy atom. The normalized spacial score (nSPS) is 12.7. The molecule has 0 aliphatic heterocycles. The van der Waals surface area contributed by atoms with E-state index in [1.54, 1.807) is 0 Å². The van der Waals surface area contributed by atoms with Gasteiger partial charge in [0.2, 0.25) is 5.91 Å². The number of rotatable bonds is 64. The van der Waals surface area contributed by atoms with E-state index < -0.39 is 12.1 Å². The Morgan fingerprint density at radius 1 is 0.368 bits per heavy atom. The van der Waals surface area contributed by atoms with Gasteiger partial charge in [-0.15, -0.1) is 0 Å². The van der Waals surface area contributed by atoms with E-state index in [4.69, 9.17) is 4.74 Å². The first-order chi connectivity index (χ1) is 37.5. The van der Waals surface area contributed by atoms with Gasteiger partial charge in [-0.05, 0) is 89.9 Å². The van der Waals surface area contributed by atoms with Crippen LogP contribution in [0.25, 0.3) is 0 Å². The highest BCUT2D eigenvalue weighted by molar-refractivity contribution is 5.76. The Kier molecular flexibility index (Phi) is 63.9. The fourth-order valence-electron chi connectivity index (χ4n) is 10.7. The molecular formula is C70H133NO5. The summed E-state index contributed by atoms with van der Waals surface area (Å²) < 4.78 is 5.47. The first-order valence-corrected chi connectivity index (χ1v) is 34.2. The quantitative estimate of drug-likeness (QED) is 0.0320. The summed E-state index contributed by atoms with van der Waals surface area (Å²) in [5.74, 6) is -0.0650. The number of ether oxygens (including phenoxy) is 1. The van der Waals surface area contributed by atoms with Crippen LogP contribution in [0.1, 0.15) is 373 Å². The Balaban J connectivity index is 3.47. The van der Waals surface area contributed by atoms with E-state index in [9.17, 15) is 19.8 Å². The number of unbranched alkanes of at least 4 members (excludes halogenated alkanes) is 47. The smallest absolute Gasteiger partial charge is 0.305 e. The minimum absolute atomic E-state index is 0.0175. The maximum Gasteiger partial charge on any atom is 0.305 e. The first kappa shape index (κ1) is 74.1. The van der Waals surface area contributed by atoms with Gasteiger partial charge in [-0.3, -0.25) is 9.59 Å². The van der Waals surface area contributed by atoms with Gasteiger partial charge in [0.1, 0.15) is 0 Å². The summed E-state index contributed by atoms with van der Waals surface area (Å²) in [4.78, 5) is 24.6. The lowest BCUT2D eigenvalue weighted by molar-refractivity contribution is -0.143. The third-order valence-electron chi connectivity index (χ3n) is 15.9. The summed E-state index contributed by atoms with van der Waals surface area (Å²) in [5.41, 5.74) is 0. The van der Waals surface area contributed by atoms with Crippen LogP contribution in [-0.4, -0.2) is 47.4 Å². The number of aliphatic hydroxyl groups is 2. The van der Waals surface area contributed by atoms with Gasteiger partial charge in [0.15, 0.2) is 0 Å². The Bertz CT molecular complexity index is 1230. The largest absolute Gasteiger partial charge is 0.466 e. The molecule has 2 atom stereocenters. The Labute approximate surface area is 474 Å². The van der Waals surface area contributed by atoms with Crippen molar-refractivity contribution in [1.29, 1.82) is 0 Å². The lowest BCUT2D eigenvalue weighted by Crippen LogP contribution is -2.45. The highest BCUT2D eigenvalue weighted by atomic mass is 16.5. The van der Waals surface area contributed by atoms with Crippen molar-refractivity contribution in [2.45, 2.75) is 386 Å². The van der Waals surface area contributed by atoms with Crippen LogP contribution in [-0.2, 0) is 14.3 Å². The van der Waals surface area contributed by atoms with Crippen LogP contribution in [0.5, 0.6) is 0 Å². The number of hydrogen-bond acceptors (Lipinski definition) is 5. The molecule has 0 aliphatic carbocycles. The second-order valence-electron chi connectivity index (χ2n) is 23.5. The van der Waals surface area contributed by atoms with Gasteiger partial charge in [-0.25, -0.2) is 0 Å². The van der Waals surface area contributed by atoms with Crippen LogP contribution in [0.4, 0.5) is 0 Å². The zero-order chi connectivity index (χ0) is 55.0. The van der Waals surface area contributed by atoms with Gasteiger partial charge in [0.05, 0.1) is 25.4 Å². The summed E-state index contributed by atoms with van der Waals surface area (Å²) in [7, 11) is 0. The third kappa shape index (κ3) is 61.3. The van der Waals surface area contributed by atoms with Crippen LogP contribution >= 0.6 is 0 Å². The lowest BCUT2D eigenvalue weighted by Gasteiger charge is -2.22. The molecule has 0 saturated heterocycles. The van der Waals surface area contributed by atoms with Gasteiger partial charge < -0.3 is 20.3 Å². The van der Waals surface area contributed by atoms with Crippen molar-refractivity contribution in [3.05, 3.63) is 36.5 Å². The monoisotopic (exact) mass is 1070 g/mol. The van der Waals surface area contributed by atoms with Crippen molar-refractivity contribution in [2.75, 3.05) is 13.2 Å². The molecule has 6 nitrogen and oxygen atoms in total. The maximum atomic E-state index is 12.5. The molecule has 0 fully saturated rings. The summed E-state index contributed by atoms with van der Waals surface area (Å²) in [6.45, 7) is 4.94. The second-order valence-corrected chi connectivity index (χ2v) is 23.5. The zero-order valence-corrected chi connectivity index (χ0v) is 51.3. The topological polar surface area (TPSA) is 95.9 Å². The highest BCUT2D eigenvalue weighted by Crippen LogP contribution is 2.18. The van der Waals surface area contributed by atoms with E-state index in [1.807, 2.05) is 0 Å². The number of allylic oxidation sites excluding steroid dienone is 6. The number of carbonyl (C=O) groups is 2. The minimum atomic E-state index is -0.677. The molecule has 448 valence electrons. The van der Waals surface area contributed by atoms with Crippen molar-refractivity contribution in [3.8, 4) is 0 Å². The predicted octanol–water partition coefficient (Wildman–Crippen LogP) is 21.9. The van der Waals surface area contributed by atoms with Gasteiger partial charge in [0, 0.05) is 12.8 Å². The lowest BCUT2D eigenvalue weighted by atomic mass is 10.0. The number of nitrogens with one attached hydrogen (secondary N) is 1. The molecular weight excluding hydrogens is 935 g/mol. The maximum absolute atomic E-state index is 12.5. The molecule has 0 spiro atoms. The molecule has 2 unspecified atom stereocenters. The fourth-order valence-corrected chi connectivity index (χ4v) is 10.7. The molecule has 0 aliphatic rings. The average Bonchev–Trinajstić information content (AvgIpc) is 3.42. The van der Waals surface area contributed by atoms with Crippen molar-refractivity contribution >= 4 is 11.9 Å². The molecule has 76 heavy (non-hydrogen) atoms. The predicted molar refractivity (Wildman–Crippen MR) is 333 cm³/mol. The molecule has 0 rings (SSSR count). The van der Waals surface area contributed by atoms with Crippen molar-refractivity contribution < 1.29 is 24.5 Å². The first-order valence-electron chi connectivity index (χ1n) is 34.2. The molecule has 3 N–H and O–H groups in total. The molecule has 6 heteroatoms. The van der Waals surface area contributed by atoms with Crippen LogP contribution < -0.4 is 5.32 Å². The molecule has 0 saturated carbocycles. The van der Waals surface area contributed by atoms with Crippen LogP contribution in [0.15, 0.2) is 36.5 Å². The van der Waals surface area contributed by atoms with E-state index >= 15 is 0 Å². The van der Waals surface area contributed by atoms with Crippen molar-refractivity contribution in [1.82, 2.24) is 5.32 Å². The van der Waals surface area contributed by atoms with Gasteiger partial charge in [-0.1, -0.05) is 307 Å². The number of esters is 1. The van der Waals surface area contributed by atoms with Crippen molar-refractivity contribution in [3.63, 3.8) is 0 Å². The molecule has 0 aromatic rings. The molecule has 1 amide bonds. The highest BCUT2D eigenvalue weighted by Gasteiger charge is 2.20. The van der Waals surface area contributed by atoms with Gasteiger partial charge in [-0.2, -0.15) is 0 Å². The molecule has 0 aromatic heterocycles. The summed E-state index contributed by atoms with van der Waals surface area (Å²) in [6, 6.07) is -0.556. The van der Waals surface area contributed by atoms with Crippen LogP contribution in [0, 0.1) is 0 Å². The van der Waals surface area contributed by atoms with E-state index in [0.717, 1.165) is 83.5 Å². The Morgan fingerprint density at radius 2 is 0.658 bits per heavy atom. The van der Waals surface area contributed by atoms with Crippen LogP contribution in [0.2, 0.25) is 0 Å². The van der Waals surface area contributed by atoms with Crippen LogP contribution in [0.3, 0.4) is 0 Å².